The van der Waals surface area contributed by atoms with Crippen LogP contribution in [0.4, 0.5) is 0 Å². The molecule has 3 aromatic carbocycles. The molecule has 0 bridgehead atoms. The number of hydrogen-bond acceptors (Lipinski definition) is 0. The molecule has 196 valence electrons. The van der Waals surface area contributed by atoms with Crippen molar-refractivity contribution in [2.24, 2.45) is 5.92 Å². The summed E-state index contributed by atoms with van der Waals surface area (Å²) in [7, 11) is 0. The highest BCUT2D eigenvalue weighted by Gasteiger charge is 2.05. The van der Waals surface area contributed by atoms with Crippen molar-refractivity contribution in [1.29, 1.82) is 0 Å². The summed E-state index contributed by atoms with van der Waals surface area (Å²) in [5, 5.41) is 0. The van der Waals surface area contributed by atoms with E-state index in [4.69, 9.17) is 0 Å². The molecule has 1 atom stereocenters. The average molecular weight is 493 g/mol. The Balaban J connectivity index is 0.00000104. The van der Waals surface area contributed by atoms with E-state index >= 15 is 0 Å². The van der Waals surface area contributed by atoms with Gasteiger partial charge in [-0.25, -0.2) is 0 Å². The van der Waals surface area contributed by atoms with Crippen LogP contribution in [0.15, 0.2) is 111 Å². The average Bonchev–Trinajstić information content (AvgIpc) is 2.89. The Labute approximate surface area is 228 Å². The van der Waals surface area contributed by atoms with Gasteiger partial charge in [0.2, 0.25) is 0 Å². The molecule has 0 N–H and O–H groups in total. The molecule has 3 aromatic rings. The highest BCUT2D eigenvalue weighted by molar-refractivity contribution is 5.83. The van der Waals surface area contributed by atoms with E-state index in [1.54, 1.807) is 12.2 Å². The first-order valence-corrected chi connectivity index (χ1v) is 13.6. The minimum Gasteiger partial charge on any atom is -0.103 e. The Morgan fingerprint density at radius 1 is 0.811 bits per heavy atom. The molecule has 0 radical (unpaired) electrons. The summed E-state index contributed by atoms with van der Waals surface area (Å²) in [4.78, 5) is 0. The van der Waals surface area contributed by atoms with Gasteiger partial charge in [0.25, 0.3) is 0 Å². The molecule has 1 unspecified atom stereocenters. The maximum Gasteiger partial charge on any atom is -0.0184 e. The van der Waals surface area contributed by atoms with Gasteiger partial charge in [-0.1, -0.05) is 124 Å². The first-order valence-electron chi connectivity index (χ1n) is 13.6. The summed E-state index contributed by atoms with van der Waals surface area (Å²) in [6, 6.07) is 26.4. The van der Waals surface area contributed by atoms with Crippen molar-refractivity contribution < 1.29 is 0 Å². The highest BCUT2D eigenvalue weighted by atomic mass is 14.1. The fourth-order valence-electron chi connectivity index (χ4n) is 4.23. The minimum absolute atomic E-state index is 0.814. The second-order valence-corrected chi connectivity index (χ2v) is 9.69. The van der Waals surface area contributed by atoms with Crippen molar-refractivity contribution >= 4 is 11.1 Å². The molecular formula is C37H48. The minimum atomic E-state index is 0.814. The first-order chi connectivity index (χ1) is 17.8. The van der Waals surface area contributed by atoms with E-state index < -0.39 is 0 Å². The van der Waals surface area contributed by atoms with Crippen LogP contribution >= 0.6 is 0 Å². The van der Waals surface area contributed by atoms with Crippen molar-refractivity contribution in [1.82, 2.24) is 0 Å². The summed E-state index contributed by atoms with van der Waals surface area (Å²) >= 11 is 0. The van der Waals surface area contributed by atoms with Gasteiger partial charge in [0.1, 0.15) is 0 Å². The first kappa shape index (κ1) is 31.6. The van der Waals surface area contributed by atoms with Gasteiger partial charge in [-0.3, -0.25) is 0 Å². The summed E-state index contributed by atoms with van der Waals surface area (Å²) in [6.07, 6.45) is 10.7. The van der Waals surface area contributed by atoms with Crippen LogP contribution in [0.25, 0.3) is 22.3 Å². The van der Waals surface area contributed by atoms with Crippen LogP contribution in [0.2, 0.25) is 0 Å². The van der Waals surface area contributed by atoms with Gasteiger partial charge < -0.3 is 0 Å². The summed E-state index contributed by atoms with van der Waals surface area (Å²) in [5.41, 5.74) is 10.00. The predicted molar refractivity (Wildman–Crippen MR) is 170 cm³/mol. The van der Waals surface area contributed by atoms with Crippen molar-refractivity contribution in [3.05, 3.63) is 133 Å². The molecule has 0 aliphatic rings. The van der Waals surface area contributed by atoms with E-state index in [2.05, 4.69) is 126 Å². The molecule has 37 heavy (non-hydrogen) atoms. The van der Waals surface area contributed by atoms with Crippen LogP contribution in [-0.4, -0.2) is 0 Å². The quantitative estimate of drug-likeness (QED) is 0.206. The van der Waals surface area contributed by atoms with Crippen molar-refractivity contribution in [3.8, 4) is 11.1 Å². The molecule has 0 fully saturated rings. The second kappa shape index (κ2) is 18.0. The summed E-state index contributed by atoms with van der Waals surface area (Å²) in [5.74, 6) is 0.814. The van der Waals surface area contributed by atoms with Crippen molar-refractivity contribution in [2.75, 3.05) is 0 Å². The molecule has 0 spiro atoms. The normalized spacial score (nSPS) is 11.2. The van der Waals surface area contributed by atoms with Crippen LogP contribution in [0.3, 0.4) is 0 Å². The lowest BCUT2D eigenvalue weighted by atomic mass is 9.95. The Morgan fingerprint density at radius 2 is 1.32 bits per heavy atom. The third-order valence-corrected chi connectivity index (χ3v) is 6.21. The summed E-state index contributed by atoms with van der Waals surface area (Å²) in [6.45, 7) is 23.8. The maximum absolute atomic E-state index is 4.31. The number of benzene rings is 3. The van der Waals surface area contributed by atoms with E-state index in [9.17, 15) is 0 Å². The maximum atomic E-state index is 4.31. The van der Waals surface area contributed by atoms with Crippen LogP contribution in [0, 0.1) is 12.8 Å². The molecule has 0 saturated carbocycles. The molecule has 0 heteroatoms. The largest absolute Gasteiger partial charge is 0.103 e. The van der Waals surface area contributed by atoms with Gasteiger partial charge in [-0.15, -0.1) is 13.2 Å². The Morgan fingerprint density at radius 3 is 1.84 bits per heavy atom. The molecule has 0 saturated heterocycles. The Hall–Kier alpha value is -3.38. The van der Waals surface area contributed by atoms with E-state index in [1.807, 2.05) is 13.8 Å². The number of hydrogen-bond donors (Lipinski definition) is 0. The highest BCUT2D eigenvalue weighted by Crippen LogP contribution is 2.26. The number of rotatable bonds is 9. The van der Waals surface area contributed by atoms with Gasteiger partial charge in [0.15, 0.2) is 0 Å². The monoisotopic (exact) mass is 492 g/mol. The lowest BCUT2D eigenvalue weighted by molar-refractivity contribution is 0.486. The van der Waals surface area contributed by atoms with E-state index in [0.29, 0.717) is 0 Å². The molecule has 0 aliphatic carbocycles. The summed E-state index contributed by atoms with van der Waals surface area (Å²) < 4.78 is 0. The van der Waals surface area contributed by atoms with Gasteiger partial charge in [-0.05, 0) is 91.0 Å². The topological polar surface area (TPSA) is 0 Å². The van der Waals surface area contributed by atoms with E-state index in [-0.39, 0.29) is 0 Å². The zero-order valence-corrected chi connectivity index (χ0v) is 24.2. The van der Waals surface area contributed by atoms with Gasteiger partial charge in [0.05, 0.1) is 0 Å². The van der Waals surface area contributed by atoms with Crippen LogP contribution in [-0.2, 0) is 6.42 Å². The molecule has 3 rings (SSSR count). The van der Waals surface area contributed by atoms with Crippen molar-refractivity contribution in [2.45, 2.75) is 67.2 Å². The van der Waals surface area contributed by atoms with Gasteiger partial charge in [0, 0.05) is 0 Å². The molecule has 0 heterocycles. The van der Waals surface area contributed by atoms with E-state index in [1.165, 1.54) is 64.6 Å². The zero-order chi connectivity index (χ0) is 27.6. The molecule has 0 nitrogen and oxygen atoms in total. The fraction of sp³-hybridized carbons (Fsp3) is 0.297. The molecule has 0 aromatic heterocycles. The lowest BCUT2D eigenvalue weighted by Crippen LogP contribution is -1.96. The molecule has 0 aliphatic heterocycles. The third kappa shape index (κ3) is 11.5. The Kier molecular flexibility index (Phi) is 15.4. The van der Waals surface area contributed by atoms with Gasteiger partial charge >= 0.3 is 0 Å². The second-order valence-electron chi connectivity index (χ2n) is 9.69. The number of allylic oxidation sites excluding steroid dienone is 5. The Bertz CT molecular complexity index is 1100. The zero-order valence-electron chi connectivity index (χ0n) is 24.2. The van der Waals surface area contributed by atoms with Crippen LogP contribution in [0.5, 0.6) is 0 Å². The standard InChI is InChI=1S/C31H36.2C3H6/c1-6-9-23(2)12-13-27-14-16-29(17-15-27)30-20-18-28(19-21-30)25(4)22-26(5)31-11-8-7-10-24(31)3;2*1-3-2/h7-8,10-11,14-23H,4,6,9,12-13H2,1-3,5H3;2*3H,1H2,2H3/b26-22-;;. The van der Waals surface area contributed by atoms with Gasteiger partial charge in [-0.2, -0.15) is 0 Å². The predicted octanol–water partition coefficient (Wildman–Crippen LogP) is 11.5. The lowest BCUT2D eigenvalue weighted by Gasteiger charge is -2.11. The third-order valence-electron chi connectivity index (χ3n) is 6.21. The SMILES string of the molecule is C=C(/C=C(/C)c1ccccc1C)c1ccc(-c2ccc(CCC(C)CCC)cc2)cc1.C=CC.C=CC. The van der Waals surface area contributed by atoms with E-state index in [0.717, 1.165) is 11.5 Å². The van der Waals surface area contributed by atoms with Crippen molar-refractivity contribution in [3.63, 3.8) is 0 Å². The molecule has 0 amide bonds. The number of aryl methyl sites for hydroxylation is 2. The fourth-order valence-corrected chi connectivity index (χ4v) is 4.23. The van der Waals surface area contributed by atoms with Crippen LogP contribution < -0.4 is 0 Å². The molecular weight excluding hydrogens is 444 g/mol. The smallest absolute Gasteiger partial charge is 0.0184 e. The van der Waals surface area contributed by atoms with Crippen LogP contribution in [0.1, 0.15) is 76.1 Å².